The number of aryl methyl sites for hydroxylation is 1. The van der Waals surface area contributed by atoms with E-state index >= 15 is 0 Å². The molecule has 0 aromatic heterocycles. The summed E-state index contributed by atoms with van der Waals surface area (Å²) < 4.78 is 0. The van der Waals surface area contributed by atoms with Crippen LogP contribution in [0.15, 0.2) is 24.3 Å². The van der Waals surface area contributed by atoms with Gasteiger partial charge in [-0.3, -0.25) is 4.79 Å². The molecule has 4 unspecified atom stereocenters. The number of primary amides is 1. The zero-order valence-electron chi connectivity index (χ0n) is 14.4. The van der Waals surface area contributed by atoms with Gasteiger partial charge in [-0.2, -0.15) is 0 Å². The third-order valence-corrected chi connectivity index (χ3v) is 6.65. The Morgan fingerprint density at radius 2 is 1.83 bits per heavy atom. The molecule has 1 aromatic rings. The zero-order valence-corrected chi connectivity index (χ0v) is 14.4. The maximum absolute atomic E-state index is 11.8. The van der Waals surface area contributed by atoms with Crippen LogP contribution in [-0.2, 0) is 6.42 Å². The van der Waals surface area contributed by atoms with Crippen LogP contribution in [0.1, 0.15) is 72.0 Å². The van der Waals surface area contributed by atoms with Crippen LogP contribution < -0.4 is 5.73 Å². The van der Waals surface area contributed by atoms with Crippen molar-refractivity contribution in [2.75, 3.05) is 0 Å². The quantitative estimate of drug-likeness (QED) is 0.612. The summed E-state index contributed by atoms with van der Waals surface area (Å²) in [6, 6.07) is 4.19. The van der Waals surface area contributed by atoms with Crippen LogP contribution in [0, 0.1) is 29.6 Å². The molecule has 0 heterocycles. The van der Waals surface area contributed by atoms with E-state index in [9.17, 15) is 4.79 Å². The lowest BCUT2D eigenvalue weighted by Crippen LogP contribution is -2.34. The van der Waals surface area contributed by atoms with Crippen LogP contribution in [-0.4, -0.2) is 5.91 Å². The summed E-state index contributed by atoms with van der Waals surface area (Å²) in [4.78, 5) is 11.8. The molecule has 4 rings (SSSR count). The van der Waals surface area contributed by atoms with Gasteiger partial charge in [-0.25, -0.2) is 0 Å². The third kappa shape index (κ3) is 2.30. The molecule has 0 saturated heterocycles. The highest BCUT2D eigenvalue weighted by molar-refractivity contribution is 5.96. The van der Waals surface area contributed by atoms with E-state index in [1.807, 2.05) is 13.0 Å². The number of carbonyl (C=O) groups excluding carboxylic acids is 1. The van der Waals surface area contributed by atoms with Crippen molar-refractivity contribution < 1.29 is 4.79 Å². The molecule has 2 heteroatoms. The number of carbonyl (C=O) groups is 1. The molecule has 0 bridgehead atoms. The highest BCUT2D eigenvalue weighted by Gasteiger charge is 2.45. The molecule has 2 N–H and O–H groups in total. The molecule has 2 nitrogen and oxygen atoms in total. The van der Waals surface area contributed by atoms with Crippen LogP contribution in [0.3, 0.4) is 0 Å². The average Bonchev–Trinajstić information content (AvgIpc) is 2.95. The van der Waals surface area contributed by atoms with Gasteiger partial charge in [0.15, 0.2) is 0 Å². The summed E-state index contributed by atoms with van der Waals surface area (Å²) in [6.45, 7) is 6.13. The number of rotatable bonds is 1. The number of benzene rings is 1. The fourth-order valence-electron chi connectivity index (χ4n) is 5.63. The first-order valence-corrected chi connectivity index (χ1v) is 9.17. The van der Waals surface area contributed by atoms with Gasteiger partial charge in [0.05, 0.1) is 5.56 Å². The van der Waals surface area contributed by atoms with Gasteiger partial charge in [-0.05, 0) is 92.4 Å². The van der Waals surface area contributed by atoms with Crippen molar-refractivity contribution in [1.29, 1.82) is 0 Å². The summed E-state index contributed by atoms with van der Waals surface area (Å²) in [7, 11) is 0. The molecular formula is C22H25NO. The predicted molar refractivity (Wildman–Crippen MR) is 96.7 cm³/mol. The van der Waals surface area contributed by atoms with Crippen molar-refractivity contribution in [3.63, 3.8) is 0 Å². The van der Waals surface area contributed by atoms with Crippen LogP contribution in [0.2, 0.25) is 0 Å². The number of hydrogen-bond donors (Lipinski definition) is 1. The minimum Gasteiger partial charge on any atom is -0.366 e. The Morgan fingerprint density at radius 3 is 2.58 bits per heavy atom. The smallest absolute Gasteiger partial charge is 0.249 e. The molecule has 0 radical (unpaired) electrons. The first kappa shape index (κ1) is 15.5. The lowest BCUT2D eigenvalue weighted by molar-refractivity contribution is 0.0999. The molecule has 3 aliphatic rings. The lowest BCUT2D eigenvalue weighted by Gasteiger charge is -2.44. The van der Waals surface area contributed by atoms with E-state index < -0.39 is 0 Å². The normalized spacial score (nSPS) is 30.6. The fourth-order valence-corrected chi connectivity index (χ4v) is 5.63. The maximum atomic E-state index is 11.8. The second-order valence-electron chi connectivity index (χ2n) is 7.69. The van der Waals surface area contributed by atoms with Crippen molar-refractivity contribution >= 4 is 5.91 Å². The van der Waals surface area contributed by atoms with E-state index in [4.69, 9.17) is 5.73 Å². The lowest BCUT2D eigenvalue weighted by atomic mass is 9.60. The first-order chi connectivity index (χ1) is 11.6. The van der Waals surface area contributed by atoms with Crippen molar-refractivity contribution in [1.82, 2.24) is 0 Å². The number of allylic oxidation sites excluding steroid dienone is 1. The summed E-state index contributed by atoms with van der Waals surface area (Å²) in [5.74, 6) is 8.63. The predicted octanol–water partition coefficient (Wildman–Crippen LogP) is 4.18. The van der Waals surface area contributed by atoms with E-state index in [2.05, 4.69) is 24.5 Å². The average molecular weight is 319 g/mol. The van der Waals surface area contributed by atoms with Crippen LogP contribution in [0.25, 0.3) is 0 Å². The molecule has 0 spiro atoms. The van der Waals surface area contributed by atoms with Crippen molar-refractivity contribution in [3.8, 4) is 11.8 Å². The second-order valence-corrected chi connectivity index (χ2v) is 7.69. The summed E-state index contributed by atoms with van der Waals surface area (Å²) >= 11 is 0. The largest absolute Gasteiger partial charge is 0.366 e. The van der Waals surface area contributed by atoms with Gasteiger partial charge in [-0.15, -0.1) is 5.92 Å². The van der Waals surface area contributed by atoms with Crippen LogP contribution in [0.5, 0.6) is 0 Å². The summed E-state index contributed by atoms with van der Waals surface area (Å²) in [6.07, 6.45) is 7.36. The van der Waals surface area contributed by atoms with Gasteiger partial charge in [0.25, 0.3) is 0 Å². The third-order valence-electron chi connectivity index (χ3n) is 6.65. The molecule has 124 valence electrons. The zero-order chi connectivity index (χ0) is 16.8. The van der Waals surface area contributed by atoms with Gasteiger partial charge >= 0.3 is 0 Å². The molecule has 3 aliphatic carbocycles. The van der Waals surface area contributed by atoms with Crippen molar-refractivity contribution in [2.24, 2.45) is 23.5 Å². The SMILES string of the molecule is C=C1CCC2C1CCC1c3cc(C#CC)c(C(N)=O)cc3CCC12. The van der Waals surface area contributed by atoms with Gasteiger partial charge in [0, 0.05) is 5.56 Å². The Balaban J connectivity index is 1.76. The van der Waals surface area contributed by atoms with Gasteiger partial charge in [0.1, 0.15) is 0 Å². The summed E-state index contributed by atoms with van der Waals surface area (Å²) in [5, 5.41) is 0. The molecule has 1 aromatic carbocycles. The molecule has 0 aliphatic heterocycles. The second kappa shape index (κ2) is 5.81. The molecular weight excluding hydrogens is 294 g/mol. The fraction of sp³-hybridized carbons (Fsp3) is 0.500. The number of amides is 1. The highest BCUT2D eigenvalue weighted by Crippen LogP contribution is 2.56. The monoisotopic (exact) mass is 319 g/mol. The van der Waals surface area contributed by atoms with Gasteiger partial charge < -0.3 is 5.73 Å². The minimum absolute atomic E-state index is 0.367. The van der Waals surface area contributed by atoms with Crippen molar-refractivity contribution in [2.45, 2.75) is 51.4 Å². The van der Waals surface area contributed by atoms with Crippen LogP contribution in [0.4, 0.5) is 0 Å². The Kier molecular flexibility index (Phi) is 3.76. The van der Waals surface area contributed by atoms with E-state index in [1.165, 1.54) is 48.8 Å². The van der Waals surface area contributed by atoms with Crippen molar-refractivity contribution in [3.05, 3.63) is 46.5 Å². The minimum atomic E-state index is -0.367. The topological polar surface area (TPSA) is 43.1 Å². The van der Waals surface area contributed by atoms with Gasteiger partial charge in [-0.1, -0.05) is 18.1 Å². The van der Waals surface area contributed by atoms with E-state index in [-0.39, 0.29) is 5.91 Å². The molecule has 2 saturated carbocycles. The molecule has 2 fully saturated rings. The summed E-state index contributed by atoms with van der Waals surface area (Å²) in [5.41, 5.74) is 11.2. The standard InChI is InChI=1S/C22H25NO/c1-3-4-14-11-20-15(12-21(14)22(23)24)6-8-18-17-7-5-13(2)16(17)9-10-19(18)20/h11-12,16-19H,2,5-10H2,1H3,(H2,23,24). The van der Waals surface area contributed by atoms with E-state index in [1.54, 1.807) is 0 Å². The Labute approximate surface area is 144 Å². The molecule has 4 atom stereocenters. The number of fused-ring (bicyclic) bond motifs is 5. The van der Waals surface area contributed by atoms with Gasteiger partial charge in [0.2, 0.25) is 5.91 Å². The maximum Gasteiger partial charge on any atom is 0.249 e. The number of hydrogen-bond acceptors (Lipinski definition) is 1. The Hall–Kier alpha value is -2.01. The first-order valence-electron chi connectivity index (χ1n) is 9.17. The van der Waals surface area contributed by atoms with E-state index in [0.29, 0.717) is 11.5 Å². The Morgan fingerprint density at radius 1 is 1.12 bits per heavy atom. The van der Waals surface area contributed by atoms with Crippen LogP contribution >= 0.6 is 0 Å². The highest BCUT2D eigenvalue weighted by atomic mass is 16.1. The van der Waals surface area contributed by atoms with E-state index in [0.717, 1.165) is 29.7 Å². The molecule has 1 amide bonds. The Bertz CT molecular complexity index is 779. The molecule has 24 heavy (non-hydrogen) atoms. The number of nitrogens with two attached hydrogens (primary N) is 1.